The van der Waals surface area contributed by atoms with Crippen molar-refractivity contribution in [3.63, 3.8) is 0 Å². The molecule has 3 nitrogen and oxygen atoms in total. The van der Waals surface area contributed by atoms with Gasteiger partial charge in [0, 0.05) is 15.5 Å². The van der Waals surface area contributed by atoms with Crippen LogP contribution in [0.5, 0.6) is 0 Å². The summed E-state index contributed by atoms with van der Waals surface area (Å²) in [5, 5.41) is 4.65. The molecule has 2 aromatic rings. The van der Waals surface area contributed by atoms with Gasteiger partial charge in [-0.05, 0) is 6.07 Å². The highest BCUT2D eigenvalue weighted by molar-refractivity contribution is 7.17. The molecule has 0 aliphatic heterocycles. The van der Waals surface area contributed by atoms with Gasteiger partial charge in [0.05, 0.1) is 18.7 Å². The number of nitrogens with one attached hydrogen (secondary N) is 1. The first-order chi connectivity index (χ1) is 8.53. The van der Waals surface area contributed by atoms with Crippen LogP contribution in [0.1, 0.15) is 10.4 Å². The van der Waals surface area contributed by atoms with Crippen molar-refractivity contribution in [3.8, 4) is 0 Å². The zero-order chi connectivity index (χ0) is 13.2. The van der Waals surface area contributed by atoms with Gasteiger partial charge in [-0.2, -0.15) is 0 Å². The number of hydrogen-bond acceptors (Lipinski definition) is 3. The maximum atomic E-state index is 12.9. The molecule has 0 bridgehead atoms. The number of fused-ring (bicyclic) bond motifs is 1. The Bertz CT molecular complexity index is 568. The van der Waals surface area contributed by atoms with Crippen molar-refractivity contribution in [1.29, 1.82) is 0 Å². The minimum Gasteiger partial charge on any atom is -0.346 e. The molecular formula is C12H12F2N2OS. The van der Waals surface area contributed by atoms with Gasteiger partial charge >= 0.3 is 0 Å². The molecule has 0 radical (unpaired) electrons. The zero-order valence-electron chi connectivity index (χ0n) is 9.45. The molecule has 0 saturated carbocycles. The molecular weight excluding hydrogens is 258 g/mol. The molecule has 0 atom stereocenters. The van der Waals surface area contributed by atoms with Crippen molar-refractivity contribution in [2.24, 2.45) is 5.73 Å². The highest BCUT2D eigenvalue weighted by Crippen LogP contribution is 2.25. The van der Waals surface area contributed by atoms with Gasteiger partial charge in [-0.15, -0.1) is 11.3 Å². The summed E-state index contributed by atoms with van der Waals surface area (Å²) in [7, 11) is 0. The van der Waals surface area contributed by atoms with Gasteiger partial charge in [-0.25, -0.2) is 8.78 Å². The van der Waals surface area contributed by atoms with Crippen molar-refractivity contribution < 1.29 is 13.6 Å². The molecule has 0 aliphatic carbocycles. The lowest BCUT2D eigenvalue weighted by Gasteiger charge is -2.14. The quantitative estimate of drug-likeness (QED) is 0.895. The molecule has 2 rings (SSSR count). The van der Waals surface area contributed by atoms with E-state index in [0.717, 1.165) is 10.1 Å². The second kappa shape index (κ2) is 4.99. The molecule has 1 aromatic carbocycles. The number of rotatable bonds is 4. The van der Waals surface area contributed by atoms with Crippen LogP contribution in [0.4, 0.5) is 8.78 Å². The second-order valence-electron chi connectivity index (χ2n) is 3.89. The summed E-state index contributed by atoms with van der Waals surface area (Å²) in [5.74, 6) is -3.57. The van der Waals surface area contributed by atoms with Crippen LogP contribution >= 0.6 is 11.3 Å². The van der Waals surface area contributed by atoms with E-state index in [-0.39, 0.29) is 0 Å². The van der Waals surface area contributed by atoms with Gasteiger partial charge in [0.15, 0.2) is 0 Å². The molecule has 1 heterocycles. The maximum absolute atomic E-state index is 12.9. The van der Waals surface area contributed by atoms with Crippen LogP contribution in [0.2, 0.25) is 0 Å². The largest absolute Gasteiger partial charge is 0.346 e. The highest BCUT2D eigenvalue weighted by atomic mass is 32.1. The predicted octanol–water partition coefficient (Wildman–Crippen LogP) is 2.23. The number of hydrogen-bond donors (Lipinski definition) is 2. The molecule has 1 aromatic heterocycles. The average Bonchev–Trinajstić information content (AvgIpc) is 2.80. The minimum absolute atomic E-state index is 0.420. The molecule has 0 fully saturated rings. The number of nitrogens with two attached hydrogens (primary N) is 1. The smallest absolute Gasteiger partial charge is 0.277 e. The van der Waals surface area contributed by atoms with E-state index in [9.17, 15) is 13.6 Å². The van der Waals surface area contributed by atoms with Crippen LogP contribution in [0.25, 0.3) is 10.1 Å². The van der Waals surface area contributed by atoms with Crippen LogP contribution in [0.3, 0.4) is 0 Å². The van der Waals surface area contributed by atoms with Crippen LogP contribution in [-0.4, -0.2) is 24.9 Å². The topological polar surface area (TPSA) is 55.1 Å². The third-order valence-corrected chi connectivity index (χ3v) is 3.50. The van der Waals surface area contributed by atoms with E-state index < -0.39 is 24.9 Å². The Hall–Kier alpha value is -1.53. The molecule has 0 aliphatic rings. The van der Waals surface area contributed by atoms with E-state index in [1.165, 1.54) is 11.3 Å². The predicted molar refractivity (Wildman–Crippen MR) is 68.2 cm³/mol. The Balaban J connectivity index is 2.14. The summed E-state index contributed by atoms with van der Waals surface area (Å²) in [4.78, 5) is 11.8. The number of alkyl halides is 2. The van der Waals surface area contributed by atoms with E-state index >= 15 is 0 Å². The summed E-state index contributed by atoms with van der Waals surface area (Å²) in [6.45, 7) is -1.52. The highest BCUT2D eigenvalue weighted by Gasteiger charge is 2.27. The van der Waals surface area contributed by atoms with Gasteiger partial charge in [0.1, 0.15) is 0 Å². The maximum Gasteiger partial charge on any atom is 0.277 e. The molecule has 0 unspecified atom stereocenters. The van der Waals surface area contributed by atoms with Crippen molar-refractivity contribution in [2.75, 3.05) is 13.1 Å². The summed E-state index contributed by atoms with van der Waals surface area (Å²) in [6.07, 6.45) is 0. The Morgan fingerprint density at radius 1 is 1.39 bits per heavy atom. The lowest BCUT2D eigenvalue weighted by atomic mass is 10.1. The molecule has 6 heteroatoms. The number of thiophene rings is 1. The van der Waals surface area contributed by atoms with Gasteiger partial charge in [0.25, 0.3) is 11.8 Å². The fourth-order valence-electron chi connectivity index (χ4n) is 1.53. The second-order valence-corrected chi connectivity index (χ2v) is 4.80. The fourth-order valence-corrected chi connectivity index (χ4v) is 2.47. The van der Waals surface area contributed by atoms with E-state index in [1.807, 2.05) is 12.1 Å². The zero-order valence-corrected chi connectivity index (χ0v) is 10.3. The lowest BCUT2D eigenvalue weighted by molar-refractivity contribution is 0.0119. The van der Waals surface area contributed by atoms with Crippen molar-refractivity contribution in [2.45, 2.75) is 5.92 Å². The average molecular weight is 270 g/mol. The van der Waals surface area contributed by atoms with Gasteiger partial charge < -0.3 is 11.1 Å². The summed E-state index contributed by atoms with van der Waals surface area (Å²) >= 11 is 1.41. The van der Waals surface area contributed by atoms with Crippen LogP contribution < -0.4 is 11.1 Å². The lowest BCUT2D eigenvalue weighted by Crippen LogP contribution is -2.41. The van der Waals surface area contributed by atoms with E-state index in [2.05, 4.69) is 5.32 Å². The third-order valence-electron chi connectivity index (χ3n) is 2.53. The summed E-state index contributed by atoms with van der Waals surface area (Å²) in [5.41, 5.74) is 5.32. The molecule has 0 saturated heterocycles. The fraction of sp³-hybridized carbons (Fsp3) is 0.250. The molecule has 3 N–H and O–H groups in total. The number of carbonyl (C=O) groups is 1. The standard InChI is InChI=1S/C12H12F2N2OS/c13-12(14,6-15)7-16-11(17)9-5-18-10-4-2-1-3-8(9)10/h1-5H,6-7,15H2,(H,16,17). The van der Waals surface area contributed by atoms with E-state index in [0.29, 0.717) is 5.56 Å². The van der Waals surface area contributed by atoms with Gasteiger partial charge in [0.2, 0.25) is 0 Å². The monoisotopic (exact) mass is 270 g/mol. The van der Waals surface area contributed by atoms with Crippen LogP contribution in [0.15, 0.2) is 29.6 Å². The Morgan fingerprint density at radius 2 is 2.11 bits per heavy atom. The molecule has 0 spiro atoms. The first kappa shape index (κ1) is 12.9. The SMILES string of the molecule is NCC(F)(F)CNC(=O)c1csc2ccccc12. The summed E-state index contributed by atoms with van der Waals surface area (Å²) in [6, 6.07) is 7.34. The van der Waals surface area contributed by atoms with Crippen molar-refractivity contribution >= 4 is 27.3 Å². The number of benzene rings is 1. The van der Waals surface area contributed by atoms with Crippen molar-refractivity contribution in [1.82, 2.24) is 5.32 Å². The molecule has 1 amide bonds. The summed E-state index contributed by atoms with van der Waals surface area (Å²) < 4.78 is 26.8. The first-order valence-electron chi connectivity index (χ1n) is 5.36. The first-order valence-corrected chi connectivity index (χ1v) is 6.24. The number of carbonyl (C=O) groups excluding carboxylic acids is 1. The molecule has 96 valence electrons. The Kier molecular flexibility index (Phi) is 3.58. The number of amides is 1. The van der Waals surface area contributed by atoms with Crippen molar-refractivity contribution in [3.05, 3.63) is 35.2 Å². The minimum atomic E-state index is -3.07. The molecule has 18 heavy (non-hydrogen) atoms. The van der Waals surface area contributed by atoms with Gasteiger partial charge in [-0.3, -0.25) is 4.79 Å². The van der Waals surface area contributed by atoms with E-state index in [4.69, 9.17) is 5.73 Å². The normalized spacial score (nSPS) is 11.7. The van der Waals surface area contributed by atoms with Crippen LogP contribution in [-0.2, 0) is 0 Å². The van der Waals surface area contributed by atoms with Gasteiger partial charge in [-0.1, -0.05) is 18.2 Å². The Labute approximate surface area is 107 Å². The number of halogens is 2. The van der Waals surface area contributed by atoms with E-state index in [1.54, 1.807) is 17.5 Å². The van der Waals surface area contributed by atoms with Crippen LogP contribution in [0, 0.1) is 0 Å². The third kappa shape index (κ3) is 2.65. The Morgan fingerprint density at radius 3 is 2.83 bits per heavy atom.